The first kappa shape index (κ1) is 15.9. The number of hydrogen-bond donors (Lipinski definition) is 3. The molecular weight excluding hydrogens is 290 g/mol. The summed E-state index contributed by atoms with van der Waals surface area (Å²) in [7, 11) is 0. The summed E-state index contributed by atoms with van der Waals surface area (Å²) in [5.74, 6) is -0.0606. The second-order valence-electron chi connectivity index (χ2n) is 6.10. The van der Waals surface area contributed by atoms with Gasteiger partial charge in [-0.3, -0.25) is 9.69 Å². The van der Waals surface area contributed by atoms with E-state index in [-0.39, 0.29) is 12.0 Å². The number of carbonyl (C=O) groups is 1. The van der Waals surface area contributed by atoms with E-state index in [9.17, 15) is 9.90 Å². The van der Waals surface area contributed by atoms with E-state index in [4.69, 9.17) is 5.73 Å². The Labute approximate surface area is 136 Å². The van der Waals surface area contributed by atoms with Gasteiger partial charge in [0, 0.05) is 38.3 Å². The van der Waals surface area contributed by atoms with Crippen molar-refractivity contribution in [3.8, 4) is 0 Å². The fourth-order valence-corrected chi connectivity index (χ4v) is 3.01. The summed E-state index contributed by atoms with van der Waals surface area (Å²) in [5.41, 5.74) is 7.40. The molecule has 1 aliphatic rings. The number of nitrogens with one attached hydrogen (secondary N) is 1. The highest BCUT2D eigenvalue weighted by atomic mass is 16.3. The monoisotopic (exact) mass is 313 g/mol. The smallest absolute Gasteiger partial charge is 0.251 e. The SMILES string of the molecule is NCc1ccc2cc(C(=O)NCCN3CC[C@@H](O)C3)ccc2c1. The van der Waals surface area contributed by atoms with E-state index in [0.29, 0.717) is 25.2 Å². The fraction of sp³-hybridized carbons (Fsp3) is 0.389. The second kappa shape index (κ2) is 7.08. The Morgan fingerprint density at radius 3 is 2.78 bits per heavy atom. The molecule has 0 aromatic heterocycles. The number of aliphatic hydroxyl groups is 1. The Balaban J connectivity index is 1.59. The van der Waals surface area contributed by atoms with Crippen molar-refractivity contribution in [1.29, 1.82) is 0 Å². The van der Waals surface area contributed by atoms with Gasteiger partial charge in [0.15, 0.2) is 0 Å². The molecule has 2 aromatic carbocycles. The number of aliphatic hydroxyl groups excluding tert-OH is 1. The van der Waals surface area contributed by atoms with Crippen LogP contribution in [0.1, 0.15) is 22.3 Å². The third-order valence-electron chi connectivity index (χ3n) is 4.36. The molecule has 0 bridgehead atoms. The van der Waals surface area contributed by atoms with Crippen molar-refractivity contribution in [2.45, 2.75) is 19.1 Å². The number of amides is 1. The molecule has 0 saturated carbocycles. The van der Waals surface area contributed by atoms with Crippen LogP contribution in [0, 0.1) is 0 Å². The molecule has 5 nitrogen and oxygen atoms in total. The van der Waals surface area contributed by atoms with Crippen LogP contribution < -0.4 is 11.1 Å². The zero-order valence-corrected chi connectivity index (χ0v) is 13.2. The Morgan fingerprint density at radius 1 is 1.26 bits per heavy atom. The van der Waals surface area contributed by atoms with E-state index < -0.39 is 0 Å². The molecule has 0 unspecified atom stereocenters. The Bertz CT molecular complexity index is 702. The predicted molar refractivity (Wildman–Crippen MR) is 91.2 cm³/mol. The minimum Gasteiger partial charge on any atom is -0.392 e. The van der Waals surface area contributed by atoms with Crippen LogP contribution in [0.5, 0.6) is 0 Å². The van der Waals surface area contributed by atoms with Crippen molar-refractivity contribution in [2.75, 3.05) is 26.2 Å². The van der Waals surface area contributed by atoms with Gasteiger partial charge in [-0.2, -0.15) is 0 Å². The summed E-state index contributed by atoms with van der Waals surface area (Å²) in [5, 5.41) is 14.6. The van der Waals surface area contributed by atoms with E-state index in [0.717, 1.165) is 35.8 Å². The normalized spacial score (nSPS) is 18.4. The van der Waals surface area contributed by atoms with Gasteiger partial charge in [0.1, 0.15) is 0 Å². The molecule has 5 heteroatoms. The lowest BCUT2D eigenvalue weighted by Crippen LogP contribution is -2.34. The molecule has 1 heterocycles. The molecule has 23 heavy (non-hydrogen) atoms. The van der Waals surface area contributed by atoms with E-state index >= 15 is 0 Å². The highest BCUT2D eigenvalue weighted by Gasteiger charge is 2.19. The Kier molecular flexibility index (Phi) is 4.91. The average molecular weight is 313 g/mol. The van der Waals surface area contributed by atoms with E-state index in [2.05, 4.69) is 16.3 Å². The maximum atomic E-state index is 12.3. The summed E-state index contributed by atoms with van der Waals surface area (Å²) >= 11 is 0. The van der Waals surface area contributed by atoms with Crippen molar-refractivity contribution in [1.82, 2.24) is 10.2 Å². The van der Waals surface area contributed by atoms with Crippen LogP contribution in [-0.2, 0) is 6.54 Å². The Hall–Kier alpha value is -1.95. The molecule has 1 fully saturated rings. The average Bonchev–Trinajstić information content (AvgIpc) is 2.99. The first-order valence-electron chi connectivity index (χ1n) is 8.07. The van der Waals surface area contributed by atoms with Gasteiger partial charge in [0.05, 0.1) is 6.10 Å². The van der Waals surface area contributed by atoms with Crippen LogP contribution in [0.3, 0.4) is 0 Å². The minimum atomic E-state index is -0.218. The quantitative estimate of drug-likeness (QED) is 0.772. The van der Waals surface area contributed by atoms with Crippen LogP contribution >= 0.6 is 0 Å². The molecule has 0 radical (unpaired) electrons. The molecule has 1 aliphatic heterocycles. The second-order valence-corrected chi connectivity index (χ2v) is 6.10. The van der Waals surface area contributed by atoms with Gasteiger partial charge in [-0.05, 0) is 41.0 Å². The molecule has 3 rings (SSSR count). The standard InChI is InChI=1S/C18H23N3O2/c19-11-13-1-2-15-10-16(4-3-14(15)9-13)18(23)20-6-8-21-7-5-17(22)12-21/h1-4,9-10,17,22H,5-8,11-12,19H2,(H,20,23)/t17-/m1/s1. The third kappa shape index (κ3) is 3.88. The number of hydrogen-bond acceptors (Lipinski definition) is 4. The summed E-state index contributed by atoms with van der Waals surface area (Å²) in [6, 6.07) is 11.8. The lowest BCUT2D eigenvalue weighted by atomic mass is 10.0. The Morgan fingerprint density at radius 2 is 2.04 bits per heavy atom. The number of β-amino-alcohol motifs (C(OH)–C–C–N with tert-alkyl or cyclic N) is 1. The van der Waals surface area contributed by atoms with Crippen LogP contribution in [0.2, 0.25) is 0 Å². The van der Waals surface area contributed by atoms with Crippen molar-refractivity contribution < 1.29 is 9.90 Å². The molecule has 4 N–H and O–H groups in total. The maximum absolute atomic E-state index is 12.3. The van der Waals surface area contributed by atoms with Crippen LogP contribution in [0.25, 0.3) is 10.8 Å². The van der Waals surface area contributed by atoms with Gasteiger partial charge < -0.3 is 16.2 Å². The topological polar surface area (TPSA) is 78.6 Å². The van der Waals surface area contributed by atoms with E-state index in [1.807, 2.05) is 30.3 Å². The third-order valence-corrected chi connectivity index (χ3v) is 4.36. The summed E-state index contributed by atoms with van der Waals surface area (Å²) in [4.78, 5) is 14.4. The van der Waals surface area contributed by atoms with Crippen molar-refractivity contribution >= 4 is 16.7 Å². The molecular formula is C18H23N3O2. The highest BCUT2D eigenvalue weighted by molar-refractivity contribution is 5.98. The summed E-state index contributed by atoms with van der Waals surface area (Å²) < 4.78 is 0. The molecule has 0 aliphatic carbocycles. The first-order valence-corrected chi connectivity index (χ1v) is 8.07. The van der Waals surface area contributed by atoms with Gasteiger partial charge in [-0.25, -0.2) is 0 Å². The number of benzene rings is 2. The zero-order chi connectivity index (χ0) is 16.2. The number of rotatable bonds is 5. The molecule has 1 atom stereocenters. The molecule has 122 valence electrons. The number of carbonyl (C=O) groups excluding carboxylic acids is 1. The molecule has 0 spiro atoms. The van der Waals surface area contributed by atoms with Crippen LogP contribution in [0.15, 0.2) is 36.4 Å². The maximum Gasteiger partial charge on any atom is 0.251 e. The van der Waals surface area contributed by atoms with Crippen LogP contribution in [-0.4, -0.2) is 48.2 Å². The fourth-order valence-electron chi connectivity index (χ4n) is 3.01. The molecule has 2 aromatic rings. The first-order chi connectivity index (χ1) is 11.2. The highest BCUT2D eigenvalue weighted by Crippen LogP contribution is 2.18. The van der Waals surface area contributed by atoms with Crippen molar-refractivity contribution in [2.24, 2.45) is 5.73 Å². The zero-order valence-electron chi connectivity index (χ0n) is 13.2. The lowest BCUT2D eigenvalue weighted by Gasteiger charge is -2.15. The van der Waals surface area contributed by atoms with Gasteiger partial charge in [0.2, 0.25) is 0 Å². The van der Waals surface area contributed by atoms with Gasteiger partial charge in [-0.15, -0.1) is 0 Å². The number of nitrogens with zero attached hydrogens (tertiary/aromatic N) is 1. The largest absolute Gasteiger partial charge is 0.392 e. The van der Waals surface area contributed by atoms with E-state index in [1.54, 1.807) is 0 Å². The number of fused-ring (bicyclic) bond motifs is 1. The van der Waals surface area contributed by atoms with Gasteiger partial charge >= 0.3 is 0 Å². The van der Waals surface area contributed by atoms with Crippen LogP contribution in [0.4, 0.5) is 0 Å². The molecule has 1 saturated heterocycles. The predicted octanol–water partition coefficient (Wildman–Crippen LogP) is 1.09. The number of likely N-dealkylation sites (tertiary alicyclic amines) is 1. The van der Waals surface area contributed by atoms with Crippen molar-refractivity contribution in [3.05, 3.63) is 47.5 Å². The number of nitrogens with two attached hydrogens (primary N) is 1. The molecule has 1 amide bonds. The van der Waals surface area contributed by atoms with E-state index in [1.165, 1.54) is 0 Å². The van der Waals surface area contributed by atoms with Gasteiger partial charge in [0.25, 0.3) is 5.91 Å². The summed E-state index contributed by atoms with van der Waals surface area (Å²) in [6.45, 7) is 3.49. The van der Waals surface area contributed by atoms with Gasteiger partial charge in [-0.1, -0.05) is 18.2 Å². The minimum absolute atomic E-state index is 0.0606. The van der Waals surface area contributed by atoms with Crippen molar-refractivity contribution in [3.63, 3.8) is 0 Å². The summed E-state index contributed by atoms with van der Waals surface area (Å²) in [6.07, 6.45) is 0.605. The lowest BCUT2D eigenvalue weighted by molar-refractivity contribution is 0.0949.